The van der Waals surface area contributed by atoms with E-state index < -0.39 is 5.97 Å². The van der Waals surface area contributed by atoms with Gasteiger partial charge in [0.05, 0.1) is 5.92 Å². The van der Waals surface area contributed by atoms with E-state index in [1.807, 2.05) is 0 Å². The molecule has 1 N–H and O–H groups in total. The van der Waals surface area contributed by atoms with Gasteiger partial charge in [-0.3, -0.25) is 4.79 Å². The summed E-state index contributed by atoms with van der Waals surface area (Å²) in [5, 5.41) is 8.85. The van der Waals surface area contributed by atoms with Gasteiger partial charge in [-0.15, -0.1) is 0 Å². The van der Waals surface area contributed by atoms with E-state index in [0.717, 1.165) is 30.7 Å². The van der Waals surface area contributed by atoms with Crippen LogP contribution in [-0.2, 0) is 24.1 Å². The molecule has 0 fully saturated rings. The van der Waals surface area contributed by atoms with Crippen molar-refractivity contribution in [3.05, 3.63) is 23.3 Å². The lowest BCUT2D eigenvalue weighted by Gasteiger charge is -2.08. The van der Waals surface area contributed by atoms with Crippen LogP contribution >= 0.6 is 0 Å². The Morgan fingerprint density at radius 1 is 1.53 bits per heavy atom. The van der Waals surface area contributed by atoms with E-state index in [-0.39, 0.29) is 5.92 Å². The first-order valence-electron chi connectivity index (χ1n) is 5.23. The highest BCUT2D eigenvalue weighted by Gasteiger charge is 2.20. The van der Waals surface area contributed by atoms with Gasteiger partial charge in [0.1, 0.15) is 6.33 Å². The average Bonchev–Trinajstić information content (AvgIpc) is 2.66. The molecule has 1 aliphatic rings. The molecule has 1 heterocycles. The van der Waals surface area contributed by atoms with Gasteiger partial charge in [-0.1, -0.05) is 6.92 Å². The van der Waals surface area contributed by atoms with E-state index in [2.05, 4.69) is 9.97 Å². The molecular weight excluding hydrogens is 192 g/mol. The van der Waals surface area contributed by atoms with E-state index in [1.54, 1.807) is 13.3 Å². The molecule has 0 saturated carbocycles. The number of aryl methyl sites for hydroxylation is 1. The van der Waals surface area contributed by atoms with Crippen molar-refractivity contribution in [3.63, 3.8) is 0 Å². The van der Waals surface area contributed by atoms with Gasteiger partial charge in [0.25, 0.3) is 0 Å². The topological polar surface area (TPSA) is 63.1 Å². The van der Waals surface area contributed by atoms with Crippen molar-refractivity contribution in [2.75, 3.05) is 0 Å². The molecule has 0 aliphatic heterocycles. The summed E-state index contributed by atoms with van der Waals surface area (Å²) in [4.78, 5) is 19.2. The molecule has 0 aromatic carbocycles. The van der Waals surface area contributed by atoms with Crippen LogP contribution in [0.1, 0.15) is 30.3 Å². The molecule has 1 unspecified atom stereocenters. The van der Waals surface area contributed by atoms with Gasteiger partial charge in [-0.05, 0) is 24.8 Å². The Morgan fingerprint density at radius 2 is 2.33 bits per heavy atom. The number of carbonyl (C=O) groups is 1. The van der Waals surface area contributed by atoms with Crippen LogP contribution in [0.25, 0.3) is 0 Å². The number of hydrogen-bond acceptors (Lipinski definition) is 3. The average molecular weight is 206 g/mol. The smallest absolute Gasteiger partial charge is 0.306 e. The highest BCUT2D eigenvalue weighted by atomic mass is 16.4. The summed E-state index contributed by atoms with van der Waals surface area (Å²) in [6, 6.07) is 0. The third-order valence-electron chi connectivity index (χ3n) is 2.89. The predicted octanol–water partition coefficient (Wildman–Crippen LogP) is 1.23. The van der Waals surface area contributed by atoms with Crippen molar-refractivity contribution < 1.29 is 9.90 Å². The van der Waals surface area contributed by atoms with Crippen LogP contribution in [0, 0.1) is 5.92 Å². The molecule has 0 spiro atoms. The van der Waals surface area contributed by atoms with Crippen molar-refractivity contribution in [1.82, 2.24) is 9.97 Å². The minimum atomic E-state index is -0.764. The Morgan fingerprint density at radius 3 is 3.07 bits per heavy atom. The second-order valence-corrected chi connectivity index (χ2v) is 4.04. The van der Waals surface area contributed by atoms with Crippen LogP contribution in [0.15, 0.2) is 6.33 Å². The minimum absolute atomic E-state index is 0.371. The molecule has 1 aliphatic carbocycles. The largest absolute Gasteiger partial charge is 0.481 e. The molecule has 1 aromatic heterocycles. The lowest BCUT2D eigenvalue weighted by molar-refractivity contribution is -0.141. The molecule has 0 saturated heterocycles. The summed E-state index contributed by atoms with van der Waals surface area (Å²) in [5.74, 6) is -1.13. The molecule has 80 valence electrons. The lowest BCUT2D eigenvalue weighted by Crippen LogP contribution is -2.14. The van der Waals surface area contributed by atoms with E-state index in [4.69, 9.17) is 5.11 Å². The number of fused-ring (bicyclic) bond motifs is 1. The van der Waals surface area contributed by atoms with Gasteiger partial charge in [0.15, 0.2) is 0 Å². The highest BCUT2D eigenvalue weighted by molar-refractivity contribution is 5.69. The maximum Gasteiger partial charge on any atom is 0.306 e. The zero-order valence-corrected chi connectivity index (χ0v) is 8.73. The summed E-state index contributed by atoms with van der Waals surface area (Å²) in [6.07, 6.45) is 5.18. The number of aromatic nitrogens is 2. The molecule has 0 amide bonds. The van der Waals surface area contributed by atoms with Crippen LogP contribution in [-0.4, -0.2) is 21.0 Å². The molecule has 15 heavy (non-hydrogen) atoms. The fourth-order valence-electron chi connectivity index (χ4n) is 1.98. The van der Waals surface area contributed by atoms with Crippen LogP contribution in [0.4, 0.5) is 0 Å². The molecule has 1 atom stereocenters. The van der Waals surface area contributed by atoms with Crippen LogP contribution < -0.4 is 0 Å². The number of rotatable bonds is 3. The van der Waals surface area contributed by atoms with Gasteiger partial charge in [-0.25, -0.2) is 9.97 Å². The fourth-order valence-corrected chi connectivity index (χ4v) is 1.98. The second kappa shape index (κ2) is 3.96. The Balaban J connectivity index is 2.22. The monoisotopic (exact) mass is 206 g/mol. The van der Waals surface area contributed by atoms with Crippen LogP contribution in [0.5, 0.6) is 0 Å². The molecule has 4 nitrogen and oxygen atoms in total. The summed E-state index contributed by atoms with van der Waals surface area (Å²) in [7, 11) is 0. The fraction of sp³-hybridized carbons (Fsp3) is 0.545. The standard InChI is InChI=1S/C11H14N2O2/c1-7(11(14)15)5-10-8-3-2-4-9(8)12-6-13-10/h6-7H,2-5H2,1H3,(H,14,15). The van der Waals surface area contributed by atoms with Gasteiger partial charge in [-0.2, -0.15) is 0 Å². The number of carboxylic acids is 1. The Bertz CT molecular complexity index is 390. The Labute approximate surface area is 88.4 Å². The predicted molar refractivity (Wildman–Crippen MR) is 54.6 cm³/mol. The van der Waals surface area contributed by atoms with Gasteiger partial charge < -0.3 is 5.11 Å². The zero-order valence-electron chi connectivity index (χ0n) is 8.73. The minimum Gasteiger partial charge on any atom is -0.481 e. The summed E-state index contributed by atoms with van der Waals surface area (Å²) in [6.45, 7) is 1.71. The first-order valence-corrected chi connectivity index (χ1v) is 5.23. The zero-order chi connectivity index (χ0) is 10.8. The molecular formula is C11H14N2O2. The maximum atomic E-state index is 10.8. The molecule has 0 bridgehead atoms. The highest BCUT2D eigenvalue weighted by Crippen LogP contribution is 2.23. The molecule has 2 rings (SSSR count). The van der Waals surface area contributed by atoms with Crippen LogP contribution in [0.2, 0.25) is 0 Å². The third-order valence-corrected chi connectivity index (χ3v) is 2.89. The first-order chi connectivity index (χ1) is 7.18. The normalized spacial score (nSPS) is 16.1. The number of aliphatic carboxylic acids is 1. The molecule has 4 heteroatoms. The second-order valence-electron chi connectivity index (χ2n) is 4.04. The van der Waals surface area contributed by atoms with Gasteiger partial charge in [0, 0.05) is 17.8 Å². The molecule has 0 radical (unpaired) electrons. The van der Waals surface area contributed by atoms with Crippen molar-refractivity contribution in [1.29, 1.82) is 0 Å². The van der Waals surface area contributed by atoms with Crippen molar-refractivity contribution in [3.8, 4) is 0 Å². The van der Waals surface area contributed by atoms with Crippen molar-refractivity contribution >= 4 is 5.97 Å². The van der Waals surface area contributed by atoms with E-state index in [1.165, 1.54) is 5.56 Å². The third kappa shape index (κ3) is 1.98. The van der Waals surface area contributed by atoms with E-state index in [9.17, 15) is 4.79 Å². The van der Waals surface area contributed by atoms with E-state index in [0.29, 0.717) is 6.42 Å². The van der Waals surface area contributed by atoms with E-state index >= 15 is 0 Å². The Hall–Kier alpha value is -1.45. The van der Waals surface area contributed by atoms with Crippen molar-refractivity contribution in [2.24, 2.45) is 5.92 Å². The number of nitrogens with zero attached hydrogens (tertiary/aromatic N) is 2. The van der Waals surface area contributed by atoms with Crippen molar-refractivity contribution in [2.45, 2.75) is 32.6 Å². The Kier molecular flexibility index (Phi) is 2.66. The number of carboxylic acid groups (broad SMARTS) is 1. The quantitative estimate of drug-likeness (QED) is 0.807. The first kappa shape index (κ1) is 10.1. The molecule has 1 aromatic rings. The summed E-state index contributed by atoms with van der Waals surface area (Å²) >= 11 is 0. The van der Waals surface area contributed by atoms with Crippen LogP contribution in [0.3, 0.4) is 0 Å². The van der Waals surface area contributed by atoms with Gasteiger partial charge >= 0.3 is 5.97 Å². The van der Waals surface area contributed by atoms with Gasteiger partial charge in [0.2, 0.25) is 0 Å². The lowest BCUT2D eigenvalue weighted by atomic mass is 10.0. The number of hydrogen-bond donors (Lipinski definition) is 1. The summed E-state index contributed by atoms with van der Waals surface area (Å²) in [5.41, 5.74) is 3.22. The summed E-state index contributed by atoms with van der Waals surface area (Å²) < 4.78 is 0. The maximum absolute atomic E-state index is 10.8. The SMILES string of the molecule is CC(Cc1ncnc2c1CCC2)C(=O)O.